The Kier molecular flexibility index (Phi) is 15.9. The molecular formula is C34H58N2+2. The smallest absolute Gasteiger partial charge is 0.171 e. The third kappa shape index (κ3) is 13.8. The lowest BCUT2D eigenvalue weighted by Gasteiger charge is -2.18. The summed E-state index contributed by atoms with van der Waals surface area (Å²) < 4.78 is 2.44. The van der Waals surface area contributed by atoms with Gasteiger partial charge in [0.05, 0.1) is 12.7 Å². The average Bonchev–Trinajstić information content (AvgIpc) is 2.90. The number of aryl methyl sites for hydroxylation is 2. The van der Waals surface area contributed by atoms with Crippen LogP contribution < -0.4 is 9.47 Å². The van der Waals surface area contributed by atoms with Crippen molar-refractivity contribution < 1.29 is 9.47 Å². The van der Waals surface area contributed by atoms with E-state index in [9.17, 15) is 0 Å². The van der Waals surface area contributed by atoms with Crippen molar-refractivity contribution in [2.75, 3.05) is 13.1 Å². The fraction of sp³-hybridized carbons (Fsp3) is 0.735. The van der Waals surface area contributed by atoms with Gasteiger partial charge in [0.2, 0.25) is 0 Å². The van der Waals surface area contributed by atoms with E-state index in [1.54, 1.807) is 10.5 Å². The van der Waals surface area contributed by atoms with Crippen LogP contribution in [0.4, 0.5) is 0 Å². The van der Waals surface area contributed by atoms with Gasteiger partial charge in [0.1, 0.15) is 13.1 Å². The van der Waals surface area contributed by atoms with Crippen LogP contribution in [0, 0.1) is 0 Å². The summed E-state index contributed by atoms with van der Waals surface area (Å²) in [5.74, 6) is 0. The monoisotopic (exact) mass is 494 g/mol. The number of nitrogens with one attached hydrogen (secondary N) is 1. The van der Waals surface area contributed by atoms with E-state index < -0.39 is 0 Å². The van der Waals surface area contributed by atoms with E-state index in [0.717, 1.165) is 0 Å². The molecule has 0 spiro atoms. The molecule has 202 valence electrons. The quantitative estimate of drug-likeness (QED) is 0.349. The van der Waals surface area contributed by atoms with Crippen molar-refractivity contribution >= 4 is 0 Å². The molecule has 2 nitrogen and oxygen atoms in total. The van der Waals surface area contributed by atoms with E-state index in [1.165, 1.54) is 166 Å². The molecule has 0 aliphatic carbocycles. The Balaban J connectivity index is 1.35. The number of nitrogens with zero attached hydrogens (tertiary/aromatic N) is 1. The van der Waals surface area contributed by atoms with Crippen molar-refractivity contribution in [2.24, 2.45) is 0 Å². The van der Waals surface area contributed by atoms with Crippen molar-refractivity contribution in [3.05, 3.63) is 54.0 Å². The molecule has 1 atom stereocenters. The maximum absolute atomic E-state index is 2.55. The Hall–Kier alpha value is -1.41. The van der Waals surface area contributed by atoms with E-state index in [0.29, 0.717) is 0 Å². The lowest BCUT2D eigenvalue weighted by atomic mass is 10.0. The third-order valence-electron chi connectivity index (χ3n) is 8.37. The summed E-state index contributed by atoms with van der Waals surface area (Å²) in [7, 11) is 0. The molecule has 3 rings (SSSR count). The van der Waals surface area contributed by atoms with E-state index in [2.05, 4.69) is 47.4 Å². The third-order valence-corrected chi connectivity index (χ3v) is 8.37. The second kappa shape index (κ2) is 19.7. The molecule has 1 N–H and O–H groups in total. The van der Waals surface area contributed by atoms with Crippen LogP contribution in [0.2, 0.25) is 0 Å². The second-order valence-corrected chi connectivity index (χ2v) is 11.8. The summed E-state index contributed by atoms with van der Waals surface area (Å²) >= 11 is 0. The number of allylic oxidation sites excluding steroid dienone is 2. The number of hydrogen-bond acceptors (Lipinski definition) is 0. The SMILES string of the molecule is C1=CC2=C[NH+](C1)CCCCCCCCCCCCc1ccc[n+](c1)CCCCCCCCCCCC2. The predicted molar refractivity (Wildman–Crippen MR) is 155 cm³/mol. The molecule has 4 bridgehead atoms. The average molecular weight is 495 g/mol. The zero-order chi connectivity index (χ0) is 24.9. The second-order valence-electron chi connectivity index (χ2n) is 11.8. The molecule has 0 aromatic carbocycles. The summed E-state index contributed by atoms with van der Waals surface area (Å²) in [4.78, 5) is 1.69. The minimum atomic E-state index is 1.19. The molecule has 36 heavy (non-hydrogen) atoms. The van der Waals surface area contributed by atoms with Gasteiger partial charge in [0, 0.05) is 23.6 Å². The van der Waals surface area contributed by atoms with Crippen molar-refractivity contribution in [1.82, 2.24) is 0 Å². The maximum Gasteiger partial charge on any atom is 0.171 e. The number of aromatic nitrogens is 1. The van der Waals surface area contributed by atoms with Crippen LogP contribution in [0.1, 0.15) is 140 Å². The molecule has 2 heteroatoms. The van der Waals surface area contributed by atoms with Crippen molar-refractivity contribution in [2.45, 2.75) is 148 Å². The maximum atomic E-state index is 2.55. The first-order chi connectivity index (χ1) is 17.9. The number of rotatable bonds is 0. The normalized spacial score (nSPS) is 23.9. The summed E-state index contributed by atoms with van der Waals surface area (Å²) in [6, 6.07) is 4.59. The van der Waals surface area contributed by atoms with Gasteiger partial charge in [-0.2, -0.15) is 0 Å². The van der Waals surface area contributed by atoms with Gasteiger partial charge in [0.25, 0.3) is 0 Å². The molecular weight excluding hydrogens is 436 g/mol. The Morgan fingerprint density at radius 2 is 1.14 bits per heavy atom. The van der Waals surface area contributed by atoms with E-state index in [4.69, 9.17) is 0 Å². The van der Waals surface area contributed by atoms with Gasteiger partial charge in [-0.15, -0.1) is 0 Å². The summed E-state index contributed by atoms with van der Waals surface area (Å²) in [5.41, 5.74) is 3.13. The molecule has 2 aliphatic heterocycles. The largest absolute Gasteiger partial charge is 0.305 e. The molecule has 2 aliphatic rings. The van der Waals surface area contributed by atoms with Gasteiger partial charge in [0.15, 0.2) is 12.4 Å². The molecule has 0 radical (unpaired) electrons. The van der Waals surface area contributed by atoms with Gasteiger partial charge < -0.3 is 4.90 Å². The predicted octanol–water partition coefficient (Wildman–Crippen LogP) is 8.06. The van der Waals surface area contributed by atoms with Gasteiger partial charge in [-0.05, 0) is 57.1 Å². The highest BCUT2D eigenvalue weighted by Gasteiger charge is 2.10. The first kappa shape index (κ1) is 29.2. The Labute approximate surface area is 224 Å². The van der Waals surface area contributed by atoms with Crippen molar-refractivity contribution in [1.29, 1.82) is 0 Å². The zero-order valence-corrected chi connectivity index (χ0v) is 23.7. The van der Waals surface area contributed by atoms with Crippen molar-refractivity contribution in [3.8, 4) is 0 Å². The number of hydrogen-bond donors (Lipinski definition) is 1. The van der Waals surface area contributed by atoms with E-state index >= 15 is 0 Å². The van der Waals surface area contributed by atoms with Crippen LogP contribution in [0.3, 0.4) is 0 Å². The molecule has 3 heterocycles. The Bertz CT molecular complexity index is 734. The highest BCUT2D eigenvalue weighted by molar-refractivity contribution is 5.18. The lowest BCUT2D eigenvalue weighted by Crippen LogP contribution is -3.07. The van der Waals surface area contributed by atoms with Crippen LogP contribution in [0.15, 0.2) is 48.5 Å². The molecule has 1 aromatic heterocycles. The van der Waals surface area contributed by atoms with Gasteiger partial charge >= 0.3 is 0 Å². The lowest BCUT2D eigenvalue weighted by molar-refractivity contribution is -0.841. The molecule has 0 saturated carbocycles. The van der Waals surface area contributed by atoms with E-state index in [-0.39, 0.29) is 0 Å². The molecule has 0 saturated heterocycles. The topological polar surface area (TPSA) is 8.32 Å². The summed E-state index contributed by atoms with van der Waals surface area (Å²) in [5, 5.41) is 0. The van der Waals surface area contributed by atoms with Gasteiger partial charge in [-0.25, -0.2) is 4.57 Å². The fourth-order valence-corrected chi connectivity index (χ4v) is 6.06. The first-order valence-corrected chi connectivity index (χ1v) is 16.1. The zero-order valence-electron chi connectivity index (χ0n) is 23.7. The van der Waals surface area contributed by atoms with Gasteiger partial charge in [-0.3, -0.25) is 0 Å². The number of pyridine rings is 1. The molecule has 0 amide bonds. The standard InChI is InChI=1S/C34H57N2/c1-3-7-11-15-19-27-35-29-22-26-34(32-35)24-18-14-10-6-2-4-8-12-16-20-28-36-30-21-25-33(31-36)23-17-13-9-5-1/h21-22,25-26,29,31-32H,1-20,23-24,27-28,30H2/q+1/p+1. The van der Waals surface area contributed by atoms with E-state index in [1.807, 2.05) is 0 Å². The van der Waals surface area contributed by atoms with Crippen molar-refractivity contribution in [3.63, 3.8) is 0 Å². The first-order valence-electron chi connectivity index (χ1n) is 16.1. The minimum absolute atomic E-state index is 1.19. The highest BCUT2D eigenvalue weighted by Crippen LogP contribution is 2.15. The van der Waals surface area contributed by atoms with Gasteiger partial charge in [-0.1, -0.05) is 96.0 Å². The summed E-state index contributed by atoms with van der Waals surface area (Å²) in [6.45, 7) is 3.72. The minimum Gasteiger partial charge on any atom is -0.305 e. The summed E-state index contributed by atoms with van der Waals surface area (Å²) in [6.07, 6.45) is 42.9. The molecule has 0 fully saturated rings. The fourth-order valence-electron chi connectivity index (χ4n) is 6.06. The Morgan fingerprint density at radius 1 is 0.583 bits per heavy atom. The van der Waals surface area contributed by atoms with Crippen LogP contribution in [-0.4, -0.2) is 13.1 Å². The van der Waals surface area contributed by atoms with Crippen LogP contribution in [0.5, 0.6) is 0 Å². The van der Waals surface area contributed by atoms with Crippen LogP contribution in [-0.2, 0) is 13.0 Å². The van der Waals surface area contributed by atoms with Crippen LogP contribution >= 0.6 is 0 Å². The Morgan fingerprint density at radius 3 is 1.81 bits per heavy atom. The number of fused-ring (bicyclic) bond motifs is 3. The number of quaternary nitrogens is 1. The highest BCUT2D eigenvalue weighted by atomic mass is 15.1. The van der Waals surface area contributed by atoms with Crippen LogP contribution in [0.25, 0.3) is 0 Å². The molecule has 1 aromatic rings. The molecule has 1 unspecified atom stereocenters.